The Morgan fingerprint density at radius 1 is 1.56 bits per heavy atom. The Labute approximate surface area is 107 Å². The number of esters is 1. The molecule has 0 atom stereocenters. The minimum Gasteiger partial charge on any atom is -0.462 e. The molecule has 0 saturated carbocycles. The van der Waals surface area contributed by atoms with Gasteiger partial charge < -0.3 is 9.72 Å². The molecule has 1 N–H and O–H groups in total. The number of ether oxygens (including phenoxy) is 1. The third-order valence-corrected chi connectivity index (χ3v) is 3.23. The highest BCUT2D eigenvalue weighted by atomic mass is 32.1. The molecular weight excluding hydrogens is 252 g/mol. The maximum atomic E-state index is 11.9. The van der Waals surface area contributed by atoms with Crippen LogP contribution in [0.3, 0.4) is 0 Å². The van der Waals surface area contributed by atoms with Crippen LogP contribution in [0.4, 0.5) is 0 Å². The van der Waals surface area contributed by atoms with Gasteiger partial charge >= 0.3 is 11.7 Å². The number of hydrogen-bond acceptors (Lipinski definition) is 5. The Bertz CT molecular complexity index is 617. The van der Waals surface area contributed by atoms with Gasteiger partial charge in [0.2, 0.25) is 0 Å². The van der Waals surface area contributed by atoms with Crippen LogP contribution in [-0.4, -0.2) is 22.5 Å². The summed E-state index contributed by atoms with van der Waals surface area (Å²) >= 11 is 1.42. The summed E-state index contributed by atoms with van der Waals surface area (Å²) in [6.07, 6.45) is 0. The molecule has 0 spiro atoms. The van der Waals surface area contributed by atoms with E-state index in [2.05, 4.69) is 9.97 Å². The highest BCUT2D eigenvalue weighted by molar-refractivity contribution is 7.13. The van der Waals surface area contributed by atoms with Gasteiger partial charge in [0, 0.05) is 5.69 Å². The van der Waals surface area contributed by atoms with Gasteiger partial charge in [-0.2, -0.15) is 4.98 Å². The predicted molar refractivity (Wildman–Crippen MR) is 68.9 cm³/mol. The number of carbonyl (C=O) groups is 1. The number of rotatable bonds is 3. The van der Waals surface area contributed by atoms with Crippen LogP contribution in [0.2, 0.25) is 0 Å². The molecule has 18 heavy (non-hydrogen) atoms. The van der Waals surface area contributed by atoms with Crippen molar-refractivity contribution in [3.63, 3.8) is 0 Å². The fourth-order valence-corrected chi connectivity index (χ4v) is 2.35. The highest BCUT2D eigenvalue weighted by Crippen LogP contribution is 2.26. The van der Waals surface area contributed by atoms with Crippen molar-refractivity contribution in [1.82, 2.24) is 9.97 Å². The number of carbonyl (C=O) groups excluding carboxylic acids is 1. The normalized spacial score (nSPS) is 10.3. The average Bonchev–Trinajstić information content (AvgIpc) is 2.81. The van der Waals surface area contributed by atoms with Crippen LogP contribution in [-0.2, 0) is 4.74 Å². The lowest BCUT2D eigenvalue weighted by Crippen LogP contribution is -2.19. The molecule has 2 aromatic heterocycles. The molecule has 5 nitrogen and oxygen atoms in total. The van der Waals surface area contributed by atoms with E-state index in [0.717, 1.165) is 4.88 Å². The first-order valence-corrected chi connectivity index (χ1v) is 6.33. The fourth-order valence-electron chi connectivity index (χ4n) is 1.63. The first kappa shape index (κ1) is 12.5. The summed E-state index contributed by atoms with van der Waals surface area (Å²) in [6.45, 7) is 3.67. The molecule has 2 heterocycles. The maximum absolute atomic E-state index is 11.9. The summed E-state index contributed by atoms with van der Waals surface area (Å²) in [7, 11) is 0. The number of thiophene rings is 1. The molecule has 2 rings (SSSR count). The first-order valence-electron chi connectivity index (χ1n) is 5.45. The number of aromatic nitrogens is 2. The molecule has 2 aromatic rings. The van der Waals surface area contributed by atoms with Crippen LogP contribution in [0.1, 0.15) is 23.0 Å². The molecule has 0 aromatic carbocycles. The molecule has 0 unspecified atom stereocenters. The number of aryl methyl sites for hydroxylation is 1. The molecule has 0 aliphatic rings. The zero-order chi connectivity index (χ0) is 13.1. The van der Waals surface area contributed by atoms with E-state index in [1.807, 2.05) is 17.5 Å². The van der Waals surface area contributed by atoms with E-state index in [-0.39, 0.29) is 6.61 Å². The predicted octanol–water partition coefficient (Wildman–Crippen LogP) is 1.98. The van der Waals surface area contributed by atoms with Crippen molar-refractivity contribution >= 4 is 17.3 Å². The summed E-state index contributed by atoms with van der Waals surface area (Å²) in [6, 6.07) is 3.65. The molecule has 0 bridgehead atoms. The van der Waals surface area contributed by atoms with E-state index in [1.165, 1.54) is 11.3 Å². The molecule has 0 amide bonds. The highest BCUT2D eigenvalue weighted by Gasteiger charge is 2.20. The average molecular weight is 264 g/mol. The lowest BCUT2D eigenvalue weighted by molar-refractivity contribution is 0.0525. The Morgan fingerprint density at radius 3 is 2.94 bits per heavy atom. The van der Waals surface area contributed by atoms with E-state index in [1.54, 1.807) is 13.8 Å². The Kier molecular flexibility index (Phi) is 3.57. The molecule has 0 aliphatic carbocycles. The quantitative estimate of drug-likeness (QED) is 0.860. The number of hydrogen-bond donors (Lipinski definition) is 1. The molecule has 6 heteroatoms. The van der Waals surface area contributed by atoms with E-state index in [9.17, 15) is 9.59 Å². The third kappa shape index (κ3) is 2.33. The van der Waals surface area contributed by atoms with E-state index < -0.39 is 11.7 Å². The van der Waals surface area contributed by atoms with E-state index >= 15 is 0 Å². The molecule has 0 aliphatic heterocycles. The van der Waals surface area contributed by atoms with Crippen LogP contribution in [0.25, 0.3) is 10.6 Å². The van der Waals surface area contributed by atoms with Gasteiger partial charge in [-0.25, -0.2) is 9.59 Å². The summed E-state index contributed by atoms with van der Waals surface area (Å²) in [5.74, 6) is -0.470. The molecule has 94 valence electrons. The second-order valence-electron chi connectivity index (χ2n) is 3.59. The smallest absolute Gasteiger partial charge is 0.345 e. The van der Waals surface area contributed by atoms with Crippen molar-refractivity contribution in [3.05, 3.63) is 39.3 Å². The SMILES string of the molecule is CCOC(=O)c1c(-c2cccs2)nc(=O)[nH]c1C. The monoisotopic (exact) mass is 264 g/mol. The Hall–Kier alpha value is -1.95. The van der Waals surface area contributed by atoms with Crippen molar-refractivity contribution in [2.24, 2.45) is 0 Å². The van der Waals surface area contributed by atoms with Gasteiger partial charge in [0.1, 0.15) is 11.3 Å². The van der Waals surface area contributed by atoms with Crippen LogP contribution >= 0.6 is 11.3 Å². The topological polar surface area (TPSA) is 72.0 Å². The van der Waals surface area contributed by atoms with E-state index in [4.69, 9.17) is 4.74 Å². The zero-order valence-electron chi connectivity index (χ0n) is 10.0. The zero-order valence-corrected chi connectivity index (χ0v) is 10.8. The minimum atomic E-state index is -0.470. The van der Waals surface area contributed by atoms with Gasteiger partial charge in [-0.1, -0.05) is 6.07 Å². The Morgan fingerprint density at radius 2 is 2.33 bits per heavy atom. The van der Waals surface area contributed by atoms with Crippen molar-refractivity contribution in [2.75, 3.05) is 6.61 Å². The van der Waals surface area contributed by atoms with Crippen molar-refractivity contribution in [2.45, 2.75) is 13.8 Å². The van der Waals surface area contributed by atoms with Gasteiger partial charge in [0.25, 0.3) is 0 Å². The fraction of sp³-hybridized carbons (Fsp3) is 0.250. The van der Waals surface area contributed by atoms with E-state index in [0.29, 0.717) is 17.0 Å². The minimum absolute atomic E-state index is 0.279. The number of nitrogens with zero attached hydrogens (tertiary/aromatic N) is 1. The van der Waals surface area contributed by atoms with Crippen molar-refractivity contribution in [1.29, 1.82) is 0 Å². The van der Waals surface area contributed by atoms with Crippen molar-refractivity contribution < 1.29 is 9.53 Å². The first-order chi connectivity index (χ1) is 8.63. The standard InChI is InChI=1S/C12H12N2O3S/c1-3-17-11(15)9-7(2)13-12(16)14-10(9)8-5-4-6-18-8/h4-6H,3H2,1-2H3,(H,13,14,16). The van der Waals surface area contributed by atoms with Gasteiger partial charge in [-0.05, 0) is 25.3 Å². The number of H-pyrrole nitrogens is 1. The number of aromatic amines is 1. The summed E-state index contributed by atoms with van der Waals surface area (Å²) in [5, 5.41) is 1.86. The second-order valence-corrected chi connectivity index (χ2v) is 4.54. The van der Waals surface area contributed by atoms with Crippen molar-refractivity contribution in [3.8, 4) is 10.6 Å². The summed E-state index contributed by atoms with van der Waals surface area (Å²) in [4.78, 5) is 30.5. The maximum Gasteiger partial charge on any atom is 0.345 e. The second kappa shape index (κ2) is 5.14. The van der Waals surface area contributed by atoms with Crippen LogP contribution in [0.15, 0.2) is 22.3 Å². The molecular formula is C12H12N2O3S. The molecule has 0 fully saturated rings. The van der Waals surface area contributed by atoms with Gasteiger partial charge in [0.05, 0.1) is 11.5 Å². The largest absolute Gasteiger partial charge is 0.462 e. The van der Waals surface area contributed by atoms with Gasteiger partial charge in [0.15, 0.2) is 0 Å². The summed E-state index contributed by atoms with van der Waals surface area (Å²) < 4.78 is 4.99. The van der Waals surface area contributed by atoms with Crippen LogP contribution < -0.4 is 5.69 Å². The van der Waals surface area contributed by atoms with Crippen LogP contribution in [0, 0.1) is 6.92 Å². The lowest BCUT2D eigenvalue weighted by atomic mass is 10.1. The Balaban J connectivity index is 2.63. The summed E-state index contributed by atoms with van der Waals surface area (Å²) in [5.41, 5.74) is 0.699. The van der Waals surface area contributed by atoms with Gasteiger partial charge in [-0.15, -0.1) is 11.3 Å². The third-order valence-electron chi connectivity index (χ3n) is 2.35. The van der Waals surface area contributed by atoms with Crippen LogP contribution in [0.5, 0.6) is 0 Å². The molecule has 0 radical (unpaired) electrons. The molecule has 0 saturated heterocycles. The lowest BCUT2D eigenvalue weighted by Gasteiger charge is -2.08. The number of nitrogens with one attached hydrogen (secondary N) is 1. The van der Waals surface area contributed by atoms with Gasteiger partial charge in [-0.3, -0.25) is 0 Å².